The first kappa shape index (κ1) is 20.0. The summed E-state index contributed by atoms with van der Waals surface area (Å²) in [6.07, 6.45) is 1.59. The monoisotopic (exact) mass is 396 g/mol. The maximum absolute atomic E-state index is 12.8. The molecule has 1 aromatic carbocycles. The molecule has 0 bridgehead atoms. The van der Waals surface area contributed by atoms with Crippen LogP contribution in [-0.4, -0.2) is 37.0 Å². The van der Waals surface area contributed by atoms with Gasteiger partial charge in [-0.15, -0.1) is 11.3 Å². The van der Waals surface area contributed by atoms with Gasteiger partial charge in [0.2, 0.25) is 10.0 Å². The first-order valence-electron chi connectivity index (χ1n) is 7.93. The number of hydrogen-bond acceptors (Lipinski definition) is 7. The average Bonchev–Trinajstić information content (AvgIpc) is 3.00. The lowest BCUT2D eigenvalue weighted by Gasteiger charge is -2.20. The van der Waals surface area contributed by atoms with E-state index in [-0.39, 0.29) is 29.4 Å². The smallest absolute Gasteiger partial charge is 0.270 e. The van der Waals surface area contributed by atoms with E-state index in [1.165, 1.54) is 27.8 Å². The minimum absolute atomic E-state index is 0.171. The number of sulfonamides is 1. The highest BCUT2D eigenvalue weighted by molar-refractivity contribution is 7.89. The van der Waals surface area contributed by atoms with Crippen LogP contribution in [0.2, 0.25) is 0 Å². The number of non-ortho nitro benzene ring substituents is 1. The van der Waals surface area contributed by atoms with Crippen molar-refractivity contribution in [2.75, 3.05) is 18.5 Å². The summed E-state index contributed by atoms with van der Waals surface area (Å²) >= 11 is 1.51. The summed E-state index contributed by atoms with van der Waals surface area (Å²) in [5.41, 5.74) is 3.65. The van der Waals surface area contributed by atoms with E-state index in [1.54, 1.807) is 20.1 Å². The number of nitrogens with zero attached hydrogens (tertiary/aromatic N) is 3. The SMILES string of the molecule is CCN(CC)S(=O)(=O)c1cc([N+](=O)[O-])ccc1NN=Cc1sccc1C. The van der Waals surface area contributed by atoms with Crippen molar-refractivity contribution in [2.24, 2.45) is 5.10 Å². The van der Waals surface area contributed by atoms with E-state index in [0.29, 0.717) is 0 Å². The molecule has 0 fully saturated rings. The topological polar surface area (TPSA) is 105 Å². The van der Waals surface area contributed by atoms with Crippen LogP contribution < -0.4 is 5.43 Å². The fraction of sp³-hybridized carbons (Fsp3) is 0.312. The second-order valence-corrected chi connectivity index (χ2v) is 8.22. The highest BCUT2D eigenvalue weighted by Gasteiger charge is 2.27. The number of hydrazone groups is 1. The lowest BCUT2D eigenvalue weighted by Crippen LogP contribution is -2.31. The van der Waals surface area contributed by atoms with E-state index >= 15 is 0 Å². The Balaban J connectivity index is 2.44. The van der Waals surface area contributed by atoms with Gasteiger partial charge in [-0.3, -0.25) is 15.5 Å². The molecule has 2 rings (SSSR count). The highest BCUT2D eigenvalue weighted by Crippen LogP contribution is 2.29. The molecule has 2 aromatic rings. The molecular weight excluding hydrogens is 376 g/mol. The summed E-state index contributed by atoms with van der Waals surface area (Å²) in [6.45, 7) is 5.89. The fourth-order valence-corrected chi connectivity index (χ4v) is 4.72. The van der Waals surface area contributed by atoms with E-state index in [4.69, 9.17) is 0 Å². The Hall–Kier alpha value is -2.30. The van der Waals surface area contributed by atoms with Gasteiger partial charge < -0.3 is 0 Å². The Morgan fingerprint density at radius 2 is 2.00 bits per heavy atom. The van der Waals surface area contributed by atoms with E-state index in [9.17, 15) is 18.5 Å². The van der Waals surface area contributed by atoms with Gasteiger partial charge in [-0.25, -0.2) is 8.42 Å². The van der Waals surface area contributed by atoms with Crippen molar-refractivity contribution in [2.45, 2.75) is 25.7 Å². The molecule has 0 aliphatic carbocycles. The molecule has 26 heavy (non-hydrogen) atoms. The van der Waals surface area contributed by atoms with Crippen molar-refractivity contribution in [1.82, 2.24) is 4.31 Å². The third-order valence-electron chi connectivity index (χ3n) is 3.77. The van der Waals surface area contributed by atoms with Crippen LogP contribution in [0.5, 0.6) is 0 Å². The number of rotatable bonds is 8. The molecule has 0 aliphatic heterocycles. The van der Waals surface area contributed by atoms with Crippen LogP contribution in [0.25, 0.3) is 0 Å². The van der Waals surface area contributed by atoms with Crippen molar-refractivity contribution in [1.29, 1.82) is 0 Å². The Bertz CT molecular complexity index is 918. The number of anilines is 1. The molecule has 0 spiro atoms. The van der Waals surface area contributed by atoms with Gasteiger partial charge in [-0.05, 0) is 30.0 Å². The average molecular weight is 396 g/mol. The van der Waals surface area contributed by atoms with Crippen molar-refractivity contribution < 1.29 is 13.3 Å². The summed E-state index contributed by atoms with van der Waals surface area (Å²) in [5, 5.41) is 17.1. The molecule has 10 heteroatoms. The van der Waals surface area contributed by atoms with Crippen molar-refractivity contribution in [3.8, 4) is 0 Å². The van der Waals surface area contributed by atoms with Gasteiger partial charge >= 0.3 is 0 Å². The predicted molar refractivity (Wildman–Crippen MR) is 103 cm³/mol. The number of nitrogens with one attached hydrogen (secondary N) is 1. The maximum Gasteiger partial charge on any atom is 0.270 e. The Morgan fingerprint density at radius 1 is 1.31 bits per heavy atom. The van der Waals surface area contributed by atoms with Gasteiger partial charge in [0.25, 0.3) is 5.69 Å². The fourth-order valence-electron chi connectivity index (χ4n) is 2.31. The summed E-state index contributed by atoms with van der Waals surface area (Å²) in [6, 6.07) is 5.61. The number of benzene rings is 1. The molecule has 0 unspecified atom stereocenters. The zero-order chi connectivity index (χ0) is 19.3. The van der Waals surface area contributed by atoms with Crippen molar-refractivity contribution in [3.63, 3.8) is 0 Å². The molecule has 140 valence electrons. The first-order valence-corrected chi connectivity index (χ1v) is 10.2. The third-order valence-corrected chi connectivity index (χ3v) is 6.81. The molecule has 8 nitrogen and oxygen atoms in total. The molecule has 0 saturated carbocycles. The number of hydrogen-bond donors (Lipinski definition) is 1. The molecular formula is C16H20N4O4S2. The van der Waals surface area contributed by atoms with Crippen LogP contribution in [0.1, 0.15) is 24.3 Å². The van der Waals surface area contributed by atoms with Gasteiger partial charge in [-0.1, -0.05) is 13.8 Å². The van der Waals surface area contributed by atoms with Gasteiger partial charge in [-0.2, -0.15) is 9.41 Å². The van der Waals surface area contributed by atoms with Gasteiger partial charge in [0.05, 0.1) is 16.8 Å². The summed E-state index contributed by atoms with van der Waals surface area (Å²) < 4.78 is 26.9. The lowest BCUT2D eigenvalue weighted by molar-refractivity contribution is -0.385. The molecule has 0 aliphatic rings. The third kappa shape index (κ3) is 4.26. The van der Waals surface area contributed by atoms with E-state index in [0.717, 1.165) is 16.5 Å². The van der Waals surface area contributed by atoms with Crippen LogP contribution >= 0.6 is 11.3 Å². The molecule has 1 N–H and O–H groups in total. The maximum atomic E-state index is 12.8. The largest absolute Gasteiger partial charge is 0.277 e. The van der Waals surface area contributed by atoms with Crippen LogP contribution in [0, 0.1) is 17.0 Å². The molecule has 1 heterocycles. The number of nitro groups is 1. The van der Waals surface area contributed by atoms with E-state index in [2.05, 4.69) is 10.5 Å². The minimum atomic E-state index is -3.89. The summed E-state index contributed by atoms with van der Waals surface area (Å²) in [7, 11) is -3.89. The number of thiophene rings is 1. The molecule has 0 radical (unpaired) electrons. The molecule has 0 amide bonds. The van der Waals surface area contributed by atoms with Crippen LogP contribution in [0.15, 0.2) is 39.6 Å². The van der Waals surface area contributed by atoms with Gasteiger partial charge in [0.1, 0.15) is 4.90 Å². The summed E-state index contributed by atoms with van der Waals surface area (Å²) in [5.74, 6) is 0. The first-order chi connectivity index (χ1) is 12.3. The van der Waals surface area contributed by atoms with Crippen LogP contribution in [-0.2, 0) is 10.0 Å². The van der Waals surface area contributed by atoms with Crippen LogP contribution in [0.4, 0.5) is 11.4 Å². The van der Waals surface area contributed by atoms with Crippen molar-refractivity contribution in [3.05, 3.63) is 50.2 Å². The number of aryl methyl sites for hydroxylation is 1. The quantitative estimate of drug-likeness (QED) is 0.418. The Morgan fingerprint density at radius 3 is 2.54 bits per heavy atom. The lowest BCUT2D eigenvalue weighted by atomic mass is 10.3. The normalized spacial score (nSPS) is 12.0. The van der Waals surface area contributed by atoms with E-state index in [1.807, 2.05) is 18.4 Å². The second kappa shape index (κ2) is 8.39. The molecule has 0 atom stereocenters. The summed E-state index contributed by atoms with van der Waals surface area (Å²) in [4.78, 5) is 11.2. The zero-order valence-electron chi connectivity index (χ0n) is 14.7. The molecule has 0 saturated heterocycles. The highest BCUT2D eigenvalue weighted by atomic mass is 32.2. The second-order valence-electron chi connectivity index (χ2n) is 5.36. The Kier molecular flexibility index (Phi) is 6.46. The van der Waals surface area contributed by atoms with Crippen LogP contribution in [0.3, 0.4) is 0 Å². The zero-order valence-corrected chi connectivity index (χ0v) is 16.3. The minimum Gasteiger partial charge on any atom is -0.277 e. The van der Waals surface area contributed by atoms with E-state index < -0.39 is 14.9 Å². The predicted octanol–water partition coefficient (Wildman–Crippen LogP) is 3.44. The van der Waals surface area contributed by atoms with Gasteiger partial charge in [0, 0.05) is 30.1 Å². The molecule has 1 aromatic heterocycles. The standard InChI is InChI=1S/C16H20N4O4S2/c1-4-19(5-2)26(23,24)16-10-13(20(21)22)6-7-14(16)18-17-11-15-12(3)8-9-25-15/h6-11,18H,4-5H2,1-3H3. The van der Waals surface area contributed by atoms with Crippen molar-refractivity contribution >= 4 is 38.9 Å². The Labute approximate surface area is 156 Å². The van der Waals surface area contributed by atoms with Gasteiger partial charge in [0.15, 0.2) is 0 Å². The number of nitro benzene ring substituents is 1.